The second kappa shape index (κ2) is 24.1. The smallest absolute Gasteiger partial charge is 0.226 e. The Balaban J connectivity index is 1.56. The molecule has 0 unspecified atom stereocenters. The molecule has 2 heterocycles. The van der Waals surface area contributed by atoms with Crippen LogP contribution in [0, 0.1) is 37.0 Å². The van der Waals surface area contributed by atoms with Gasteiger partial charge in [-0.3, -0.25) is 24.0 Å². The number of amides is 2. The molecule has 0 radical (unpaired) electrons. The molecule has 0 aliphatic carbocycles. The van der Waals surface area contributed by atoms with E-state index >= 15 is 0 Å². The predicted octanol–water partition coefficient (Wildman–Crippen LogP) is 5.14. The number of nitrogens with two attached hydrogens (primary N) is 3. The minimum Gasteiger partial charge on any atom is -0.494 e. The van der Waals surface area contributed by atoms with Crippen molar-refractivity contribution >= 4 is 29.2 Å². The van der Waals surface area contributed by atoms with Gasteiger partial charge in [0, 0.05) is 74.3 Å². The number of ketones is 3. The van der Waals surface area contributed by atoms with Gasteiger partial charge in [-0.25, -0.2) is 9.97 Å². The van der Waals surface area contributed by atoms with E-state index < -0.39 is 41.5 Å². The van der Waals surface area contributed by atoms with Crippen LogP contribution in [0.15, 0.2) is 60.7 Å². The fourth-order valence-corrected chi connectivity index (χ4v) is 8.14. The number of fused-ring (bicyclic) bond motifs is 5. The fourth-order valence-electron chi connectivity index (χ4n) is 8.14. The molecule has 4 aromatic rings. The number of aromatic nitrogens is 2. The molecular weight excluding hydrogens is 841 g/mol. The summed E-state index contributed by atoms with van der Waals surface area (Å²) in [6, 6.07) is 17.6. The molecule has 0 fully saturated rings. The topological polar surface area (TPSA) is 256 Å². The minimum absolute atomic E-state index is 0.0340. The number of ether oxygens (including phenoxy) is 3. The van der Waals surface area contributed by atoms with Gasteiger partial charge in [0.05, 0.1) is 35.7 Å². The molecule has 0 saturated heterocycles. The van der Waals surface area contributed by atoms with Crippen molar-refractivity contribution in [3.05, 3.63) is 88.7 Å². The highest BCUT2D eigenvalue weighted by atomic mass is 16.5. The zero-order valence-corrected chi connectivity index (χ0v) is 38.6. The molecule has 5 rings (SSSR count). The summed E-state index contributed by atoms with van der Waals surface area (Å²) < 4.78 is 18.0. The zero-order chi connectivity index (χ0) is 47.9. The molecule has 1 aliphatic rings. The molecule has 16 heteroatoms. The van der Waals surface area contributed by atoms with Crippen molar-refractivity contribution in [1.29, 1.82) is 5.26 Å². The first kappa shape index (κ1) is 50.5. The van der Waals surface area contributed by atoms with Gasteiger partial charge < -0.3 is 41.6 Å². The lowest BCUT2D eigenvalue weighted by Gasteiger charge is -2.32. The van der Waals surface area contributed by atoms with Gasteiger partial charge in [-0.05, 0) is 99.3 Å². The van der Waals surface area contributed by atoms with Crippen molar-refractivity contribution in [2.45, 2.75) is 84.7 Å². The van der Waals surface area contributed by atoms with E-state index in [4.69, 9.17) is 31.4 Å². The van der Waals surface area contributed by atoms with E-state index in [0.29, 0.717) is 63.1 Å². The molecular formula is C50H62N8O8. The summed E-state index contributed by atoms with van der Waals surface area (Å²) in [7, 11) is 1.50. The maximum Gasteiger partial charge on any atom is 0.226 e. The summed E-state index contributed by atoms with van der Waals surface area (Å²) in [5.74, 6) is -2.05. The van der Waals surface area contributed by atoms with Gasteiger partial charge in [0.15, 0.2) is 23.2 Å². The number of carbonyl (C=O) groups excluding carboxylic acids is 5. The van der Waals surface area contributed by atoms with E-state index in [2.05, 4.69) is 15.3 Å². The molecule has 2 amide bonds. The van der Waals surface area contributed by atoms with Crippen molar-refractivity contribution in [2.24, 2.45) is 29.0 Å². The summed E-state index contributed by atoms with van der Waals surface area (Å²) in [6.07, 6.45) is 0.451. The highest BCUT2D eigenvalue weighted by Crippen LogP contribution is 2.41. The highest BCUT2D eigenvalue weighted by molar-refractivity contribution is 6.01. The van der Waals surface area contributed by atoms with Crippen LogP contribution >= 0.6 is 0 Å². The Kier molecular flexibility index (Phi) is 18.4. The second-order valence-electron chi connectivity index (χ2n) is 16.5. The Hall–Kier alpha value is -6.54. The Morgan fingerprint density at radius 3 is 2.11 bits per heavy atom. The fraction of sp³-hybridized carbons (Fsp3) is 0.440. The number of benzene rings is 3. The second-order valence-corrected chi connectivity index (χ2v) is 16.5. The molecule has 4 atom stereocenters. The van der Waals surface area contributed by atoms with Gasteiger partial charge in [-0.15, -0.1) is 0 Å². The third-order valence-corrected chi connectivity index (χ3v) is 11.5. The molecule has 1 aliphatic heterocycles. The molecule has 3 aromatic carbocycles. The predicted molar refractivity (Wildman–Crippen MR) is 250 cm³/mol. The highest BCUT2D eigenvalue weighted by Gasteiger charge is 2.36. The lowest BCUT2D eigenvalue weighted by Crippen LogP contribution is -2.46. The Morgan fingerprint density at radius 2 is 1.50 bits per heavy atom. The van der Waals surface area contributed by atoms with Crippen LogP contribution in [-0.4, -0.2) is 96.6 Å². The SMILES string of the molecule is CCCOc1ccc(-c2nc(C)c(C(=O)C[C@@H](CCN)C(=O)N(C)[C@@H]3C(=O)C[C@@H](C)C(=O)N[C@H](C(=O)CCC#N)Cc4ccc(OCCN)c(c4)-c4cc3ccc4OCCN)c(C)n2)cc1. The summed E-state index contributed by atoms with van der Waals surface area (Å²) in [6.45, 7) is 8.50. The first-order valence-corrected chi connectivity index (χ1v) is 22.5. The van der Waals surface area contributed by atoms with Crippen LogP contribution in [0.1, 0.15) is 91.3 Å². The van der Waals surface area contributed by atoms with E-state index in [-0.39, 0.29) is 82.9 Å². The number of Topliss-reactive ketones (excluding diaryl/α,β-unsaturated/α-hetero) is 3. The maximum absolute atomic E-state index is 14.8. The number of nitriles is 1. The van der Waals surface area contributed by atoms with Crippen molar-refractivity contribution in [3.8, 4) is 45.8 Å². The van der Waals surface area contributed by atoms with Gasteiger partial charge in [0.1, 0.15) is 36.5 Å². The number of carbonyl (C=O) groups is 5. The normalized spacial score (nSPS) is 16.6. The molecule has 7 N–H and O–H groups in total. The van der Waals surface area contributed by atoms with Gasteiger partial charge in [0.2, 0.25) is 11.8 Å². The number of hydrogen-bond donors (Lipinski definition) is 4. The third-order valence-electron chi connectivity index (χ3n) is 11.5. The average molecular weight is 903 g/mol. The van der Waals surface area contributed by atoms with Crippen molar-refractivity contribution in [2.75, 3.05) is 46.5 Å². The Labute approximate surface area is 386 Å². The van der Waals surface area contributed by atoms with Crippen molar-refractivity contribution in [1.82, 2.24) is 20.2 Å². The van der Waals surface area contributed by atoms with Crippen LogP contribution in [0.25, 0.3) is 22.5 Å². The van der Waals surface area contributed by atoms with Crippen LogP contribution in [0.4, 0.5) is 0 Å². The first-order valence-electron chi connectivity index (χ1n) is 22.5. The van der Waals surface area contributed by atoms with Gasteiger partial charge in [0.25, 0.3) is 0 Å². The molecule has 4 bridgehead atoms. The van der Waals surface area contributed by atoms with E-state index in [9.17, 15) is 29.2 Å². The van der Waals surface area contributed by atoms with Gasteiger partial charge in [-0.1, -0.05) is 26.0 Å². The zero-order valence-electron chi connectivity index (χ0n) is 38.6. The summed E-state index contributed by atoms with van der Waals surface area (Å²) in [5, 5.41) is 12.1. The van der Waals surface area contributed by atoms with E-state index in [1.54, 1.807) is 51.1 Å². The number of hydrogen-bond acceptors (Lipinski definition) is 14. The number of aryl methyl sites for hydroxylation is 2. The maximum atomic E-state index is 14.8. The molecule has 66 heavy (non-hydrogen) atoms. The first-order chi connectivity index (χ1) is 31.7. The van der Waals surface area contributed by atoms with Crippen molar-refractivity contribution in [3.63, 3.8) is 0 Å². The van der Waals surface area contributed by atoms with Crippen LogP contribution in [0.3, 0.4) is 0 Å². The molecule has 0 spiro atoms. The summed E-state index contributed by atoms with van der Waals surface area (Å²) >= 11 is 0. The van der Waals surface area contributed by atoms with Gasteiger partial charge >= 0.3 is 0 Å². The molecule has 0 saturated carbocycles. The largest absolute Gasteiger partial charge is 0.494 e. The monoisotopic (exact) mass is 902 g/mol. The number of nitrogens with zero attached hydrogens (tertiary/aromatic N) is 4. The van der Waals surface area contributed by atoms with Crippen molar-refractivity contribution < 1.29 is 38.2 Å². The van der Waals surface area contributed by atoms with Crippen LogP contribution < -0.4 is 36.7 Å². The Bertz CT molecular complexity index is 2390. The third kappa shape index (κ3) is 12.6. The molecule has 1 aromatic heterocycles. The summed E-state index contributed by atoms with van der Waals surface area (Å²) in [5.41, 5.74) is 21.9. The van der Waals surface area contributed by atoms with E-state index in [1.165, 1.54) is 11.9 Å². The van der Waals surface area contributed by atoms with E-state index in [0.717, 1.165) is 17.7 Å². The molecule has 16 nitrogen and oxygen atoms in total. The quantitative estimate of drug-likeness (QED) is 0.0839. The molecule has 350 valence electrons. The number of rotatable bonds is 20. The lowest BCUT2D eigenvalue weighted by atomic mass is 9.88. The minimum atomic E-state index is -1.25. The van der Waals surface area contributed by atoms with Crippen LogP contribution in [0.2, 0.25) is 0 Å². The van der Waals surface area contributed by atoms with Crippen LogP contribution in [-0.2, 0) is 25.6 Å². The number of nitrogens with one attached hydrogen (secondary N) is 1. The summed E-state index contributed by atoms with van der Waals surface area (Å²) in [4.78, 5) is 81.7. The van der Waals surface area contributed by atoms with Gasteiger partial charge in [-0.2, -0.15) is 5.26 Å². The Morgan fingerprint density at radius 1 is 0.864 bits per heavy atom. The van der Waals surface area contributed by atoms with E-state index in [1.807, 2.05) is 43.3 Å². The lowest BCUT2D eigenvalue weighted by molar-refractivity contribution is -0.142. The average Bonchev–Trinajstić information content (AvgIpc) is 3.30. The van der Waals surface area contributed by atoms with Crippen LogP contribution in [0.5, 0.6) is 17.2 Å². The standard InChI is InChI=1S/C50H62N8O8/c1-6-22-64-37-13-10-34(11-14-37)48-55-31(3)46(32(4)56-48)42(60)29-36(17-19-52)50(63)58(5)47-35-12-16-45(66-24-21-54)39(28-35)38-26-33(9-15-44(38)65-23-20-53)27-40(41(59)8-7-18-51)57-49(62)30(2)25-43(47)61/h9-16,26,28,30,36,40,47H,6-8,17,19-25,27,29,52-54H2,1-5H3,(H,57,62)/t30-,36-,40+,47+/m1/s1. The number of likely N-dealkylation sites (N-methyl/N-ethyl adjacent to an activating group) is 1.